The Labute approximate surface area is 77.5 Å². The number of hydrogen-bond donors (Lipinski definition) is 1. The molecular weight excluding hydrogens is 195 g/mol. The van der Waals surface area contributed by atoms with E-state index in [4.69, 9.17) is 18.9 Å². The summed E-state index contributed by atoms with van der Waals surface area (Å²) in [5.41, 5.74) is 0. The van der Waals surface area contributed by atoms with Gasteiger partial charge in [0.1, 0.15) is 6.10 Å². The first kappa shape index (κ1) is 11.1. The van der Waals surface area contributed by atoms with E-state index in [-0.39, 0.29) is 12.2 Å². The average Bonchev–Trinajstić information content (AvgIpc) is 2.34. The quantitative estimate of drug-likeness (QED) is 0.689. The van der Waals surface area contributed by atoms with Gasteiger partial charge >= 0.3 is 7.60 Å². The lowest BCUT2D eigenvalue weighted by Crippen LogP contribution is -2.27. The summed E-state index contributed by atoms with van der Waals surface area (Å²) in [4.78, 5) is 9.00. The van der Waals surface area contributed by atoms with E-state index in [9.17, 15) is 4.57 Å². The van der Waals surface area contributed by atoms with Crippen molar-refractivity contribution in [1.29, 1.82) is 0 Å². The van der Waals surface area contributed by atoms with Gasteiger partial charge in [-0.05, 0) is 0 Å². The monoisotopic (exact) mass is 210 g/mol. The van der Waals surface area contributed by atoms with Crippen LogP contribution in [0.4, 0.5) is 0 Å². The third kappa shape index (κ3) is 3.75. The number of rotatable bonds is 4. The van der Waals surface area contributed by atoms with Gasteiger partial charge in [0.25, 0.3) is 0 Å². The number of hydrogen-bond acceptors (Lipinski definition) is 4. The molecule has 0 aliphatic carbocycles. The Balaban J connectivity index is 2.44. The molecule has 6 heteroatoms. The standard InChI is InChI=1S/C7H15O5P/c1-10-5-7-6(3-4-11-7)12-13(2,8)9/h6-7H,3-5H2,1-2H3,(H,8,9)/t6-,7?/m1/s1. The molecule has 1 aliphatic rings. The van der Waals surface area contributed by atoms with Crippen molar-refractivity contribution in [3.05, 3.63) is 0 Å². The second-order valence-electron chi connectivity index (χ2n) is 3.10. The van der Waals surface area contributed by atoms with Gasteiger partial charge in [0, 0.05) is 26.8 Å². The highest BCUT2D eigenvalue weighted by molar-refractivity contribution is 7.51. The lowest BCUT2D eigenvalue weighted by atomic mass is 10.2. The minimum absolute atomic E-state index is 0.217. The van der Waals surface area contributed by atoms with Crippen LogP contribution >= 0.6 is 7.60 Å². The molecule has 0 spiro atoms. The fraction of sp³-hybridized carbons (Fsp3) is 1.00. The van der Waals surface area contributed by atoms with E-state index >= 15 is 0 Å². The molecule has 0 radical (unpaired) electrons. The third-order valence-electron chi connectivity index (χ3n) is 1.81. The first-order valence-corrected chi connectivity index (χ1v) is 6.14. The molecule has 0 aromatic carbocycles. The van der Waals surface area contributed by atoms with Crippen LogP contribution in [0.2, 0.25) is 0 Å². The van der Waals surface area contributed by atoms with Crippen molar-refractivity contribution in [2.75, 3.05) is 27.0 Å². The molecule has 13 heavy (non-hydrogen) atoms. The molecule has 2 unspecified atom stereocenters. The molecule has 5 nitrogen and oxygen atoms in total. The summed E-state index contributed by atoms with van der Waals surface area (Å²) in [7, 11) is -1.85. The highest BCUT2D eigenvalue weighted by Crippen LogP contribution is 2.41. The van der Waals surface area contributed by atoms with E-state index in [1.807, 2.05) is 0 Å². The maximum atomic E-state index is 11.0. The van der Waals surface area contributed by atoms with E-state index in [1.54, 1.807) is 7.11 Å². The summed E-state index contributed by atoms with van der Waals surface area (Å²) in [5, 5.41) is 0. The topological polar surface area (TPSA) is 65.0 Å². The van der Waals surface area contributed by atoms with E-state index in [2.05, 4.69) is 0 Å². The van der Waals surface area contributed by atoms with Crippen molar-refractivity contribution in [3.8, 4) is 0 Å². The maximum absolute atomic E-state index is 11.0. The summed E-state index contributed by atoms with van der Waals surface area (Å²) in [6.45, 7) is 2.12. The first-order valence-electron chi connectivity index (χ1n) is 4.12. The second kappa shape index (κ2) is 4.53. The van der Waals surface area contributed by atoms with Crippen molar-refractivity contribution in [1.82, 2.24) is 0 Å². The number of methoxy groups -OCH3 is 1. The predicted octanol–water partition coefficient (Wildman–Crippen LogP) is 0.622. The summed E-state index contributed by atoms with van der Waals surface area (Å²) in [5.74, 6) is 0. The molecule has 1 aliphatic heterocycles. The molecule has 78 valence electrons. The van der Waals surface area contributed by atoms with Gasteiger partial charge in [-0.2, -0.15) is 0 Å². The highest BCUT2D eigenvalue weighted by Gasteiger charge is 2.32. The van der Waals surface area contributed by atoms with Gasteiger partial charge in [-0.15, -0.1) is 0 Å². The average molecular weight is 210 g/mol. The molecular formula is C7H15O5P. The zero-order valence-electron chi connectivity index (χ0n) is 7.80. The van der Waals surface area contributed by atoms with E-state index in [1.165, 1.54) is 6.66 Å². The van der Waals surface area contributed by atoms with Crippen LogP contribution in [-0.4, -0.2) is 44.1 Å². The Kier molecular flexibility index (Phi) is 3.88. The first-order chi connectivity index (χ1) is 6.03. The predicted molar refractivity (Wildman–Crippen MR) is 46.9 cm³/mol. The minimum Gasteiger partial charge on any atom is -0.382 e. The molecule has 0 bridgehead atoms. The van der Waals surface area contributed by atoms with Crippen LogP contribution in [0, 0.1) is 0 Å². The van der Waals surface area contributed by atoms with Crippen LogP contribution in [0.1, 0.15) is 6.42 Å². The molecule has 3 atom stereocenters. The highest BCUT2D eigenvalue weighted by atomic mass is 31.2. The molecule has 0 saturated carbocycles. The Bertz CT molecular complexity index is 201. The molecule has 0 amide bonds. The molecule has 0 aromatic heterocycles. The lowest BCUT2D eigenvalue weighted by molar-refractivity contribution is -0.00458. The van der Waals surface area contributed by atoms with Crippen LogP contribution in [0.5, 0.6) is 0 Å². The van der Waals surface area contributed by atoms with Crippen LogP contribution in [0.15, 0.2) is 0 Å². The van der Waals surface area contributed by atoms with Crippen LogP contribution in [-0.2, 0) is 18.6 Å². The van der Waals surface area contributed by atoms with E-state index in [0.29, 0.717) is 19.6 Å². The summed E-state index contributed by atoms with van der Waals surface area (Å²) >= 11 is 0. The number of ether oxygens (including phenoxy) is 2. The van der Waals surface area contributed by atoms with Gasteiger partial charge in [0.2, 0.25) is 0 Å². The maximum Gasteiger partial charge on any atom is 0.325 e. The SMILES string of the molecule is COCC1OCC[C@H]1OP(C)(=O)O. The molecule has 1 rings (SSSR count). The lowest BCUT2D eigenvalue weighted by Gasteiger charge is -2.19. The van der Waals surface area contributed by atoms with Gasteiger partial charge in [0.15, 0.2) is 0 Å². The van der Waals surface area contributed by atoms with Gasteiger partial charge in [0.05, 0.1) is 12.7 Å². The Morgan fingerprint density at radius 2 is 2.38 bits per heavy atom. The van der Waals surface area contributed by atoms with Crippen molar-refractivity contribution >= 4 is 7.60 Å². The van der Waals surface area contributed by atoms with Crippen LogP contribution < -0.4 is 0 Å². The normalized spacial score (nSPS) is 33.2. The van der Waals surface area contributed by atoms with Crippen molar-refractivity contribution in [2.45, 2.75) is 18.6 Å². The van der Waals surface area contributed by atoms with Gasteiger partial charge < -0.3 is 18.9 Å². The van der Waals surface area contributed by atoms with Crippen molar-refractivity contribution < 1.29 is 23.5 Å². The fourth-order valence-electron chi connectivity index (χ4n) is 1.32. The van der Waals surface area contributed by atoms with Crippen LogP contribution in [0.3, 0.4) is 0 Å². The van der Waals surface area contributed by atoms with Gasteiger partial charge in [-0.3, -0.25) is 4.57 Å². The summed E-state index contributed by atoms with van der Waals surface area (Å²) < 4.78 is 26.1. The third-order valence-corrected chi connectivity index (χ3v) is 2.47. The van der Waals surface area contributed by atoms with Crippen molar-refractivity contribution in [2.24, 2.45) is 0 Å². The van der Waals surface area contributed by atoms with Gasteiger partial charge in [-0.25, -0.2) is 0 Å². The van der Waals surface area contributed by atoms with Gasteiger partial charge in [-0.1, -0.05) is 0 Å². The largest absolute Gasteiger partial charge is 0.382 e. The molecule has 1 saturated heterocycles. The molecule has 0 aromatic rings. The summed E-state index contributed by atoms with van der Waals surface area (Å²) in [6.07, 6.45) is 0.109. The molecule has 1 N–H and O–H groups in total. The Hall–Kier alpha value is 0.0700. The Morgan fingerprint density at radius 1 is 1.69 bits per heavy atom. The summed E-state index contributed by atoms with van der Waals surface area (Å²) in [6, 6.07) is 0. The van der Waals surface area contributed by atoms with E-state index < -0.39 is 7.60 Å². The van der Waals surface area contributed by atoms with Crippen molar-refractivity contribution in [3.63, 3.8) is 0 Å². The van der Waals surface area contributed by atoms with E-state index in [0.717, 1.165) is 0 Å². The molecule has 1 fully saturated rings. The second-order valence-corrected chi connectivity index (χ2v) is 4.92. The Morgan fingerprint density at radius 3 is 2.92 bits per heavy atom. The zero-order valence-corrected chi connectivity index (χ0v) is 8.70. The smallest absolute Gasteiger partial charge is 0.325 e. The zero-order chi connectivity index (χ0) is 9.90. The van der Waals surface area contributed by atoms with Crippen LogP contribution in [0.25, 0.3) is 0 Å². The minimum atomic E-state index is -3.41. The molecule has 1 heterocycles. The fourth-order valence-corrected chi connectivity index (χ4v) is 2.06.